The summed E-state index contributed by atoms with van der Waals surface area (Å²) in [6.07, 6.45) is 0.342. The van der Waals surface area contributed by atoms with E-state index in [1.807, 2.05) is 13.0 Å². The van der Waals surface area contributed by atoms with Crippen molar-refractivity contribution < 1.29 is 18.7 Å². The van der Waals surface area contributed by atoms with E-state index < -0.39 is 0 Å². The van der Waals surface area contributed by atoms with Crippen LogP contribution in [0.1, 0.15) is 19.4 Å². The molecule has 0 saturated heterocycles. The molecule has 0 aromatic heterocycles. The van der Waals surface area contributed by atoms with E-state index in [9.17, 15) is 14.0 Å². The monoisotopic (exact) mass is 358 g/mol. The Kier molecular flexibility index (Phi) is 7.14. The molecule has 0 bridgehead atoms. The summed E-state index contributed by atoms with van der Waals surface area (Å²) in [5.74, 6) is -0.314. The third-order valence-electron chi connectivity index (χ3n) is 3.85. The molecule has 0 spiro atoms. The number of amides is 2. The Morgan fingerprint density at radius 1 is 1.12 bits per heavy atom. The second-order valence-corrected chi connectivity index (χ2v) is 5.76. The zero-order valence-electron chi connectivity index (χ0n) is 15.0. The van der Waals surface area contributed by atoms with Gasteiger partial charge in [-0.1, -0.05) is 30.3 Å². The Bertz CT molecular complexity index is 764. The minimum atomic E-state index is -0.333. The first-order valence-electron chi connectivity index (χ1n) is 8.52. The topological polar surface area (TPSA) is 58.6 Å². The van der Waals surface area contributed by atoms with E-state index >= 15 is 0 Å². The number of carbonyl (C=O) groups is 2. The van der Waals surface area contributed by atoms with Crippen LogP contribution >= 0.6 is 0 Å². The summed E-state index contributed by atoms with van der Waals surface area (Å²) in [6.45, 7) is 3.89. The van der Waals surface area contributed by atoms with Gasteiger partial charge in [-0.2, -0.15) is 0 Å². The van der Waals surface area contributed by atoms with Crippen LogP contribution in [0, 0.1) is 5.82 Å². The van der Waals surface area contributed by atoms with Gasteiger partial charge in [-0.15, -0.1) is 0 Å². The molecule has 0 aliphatic heterocycles. The van der Waals surface area contributed by atoms with Crippen LogP contribution in [0.25, 0.3) is 0 Å². The van der Waals surface area contributed by atoms with Crippen LogP contribution in [-0.4, -0.2) is 36.4 Å². The largest absolute Gasteiger partial charge is 0.492 e. The molecule has 0 aliphatic rings. The van der Waals surface area contributed by atoms with Crippen LogP contribution in [0.4, 0.5) is 10.1 Å². The van der Waals surface area contributed by atoms with Gasteiger partial charge in [-0.25, -0.2) is 4.39 Å². The third-order valence-corrected chi connectivity index (χ3v) is 3.85. The van der Waals surface area contributed by atoms with Crippen LogP contribution < -0.4 is 10.1 Å². The van der Waals surface area contributed by atoms with Crippen molar-refractivity contribution in [2.75, 3.05) is 25.0 Å². The minimum Gasteiger partial charge on any atom is -0.492 e. The van der Waals surface area contributed by atoms with Gasteiger partial charge in [0, 0.05) is 13.5 Å². The molecule has 2 aromatic rings. The first-order valence-corrected chi connectivity index (χ1v) is 8.52. The van der Waals surface area contributed by atoms with Gasteiger partial charge in [0.1, 0.15) is 11.6 Å². The summed E-state index contributed by atoms with van der Waals surface area (Å²) >= 11 is 0. The Hall–Kier alpha value is -2.89. The van der Waals surface area contributed by atoms with Gasteiger partial charge >= 0.3 is 0 Å². The Morgan fingerprint density at radius 2 is 1.81 bits per heavy atom. The molecule has 1 N–H and O–H groups in total. The summed E-state index contributed by atoms with van der Waals surface area (Å²) in [7, 11) is 0. The lowest BCUT2D eigenvalue weighted by molar-refractivity contribution is -0.132. The molecular formula is C20H23FN2O3. The normalized spacial score (nSPS) is 10.3. The fourth-order valence-electron chi connectivity index (χ4n) is 2.52. The summed E-state index contributed by atoms with van der Waals surface area (Å²) in [4.78, 5) is 25.6. The summed E-state index contributed by atoms with van der Waals surface area (Å²) in [5, 5.41) is 2.76. The number of benzene rings is 2. The molecule has 0 radical (unpaired) electrons. The highest BCUT2D eigenvalue weighted by Gasteiger charge is 2.15. The predicted octanol–water partition coefficient (Wildman–Crippen LogP) is 3.25. The number of nitrogens with zero attached hydrogens (tertiary/aromatic N) is 1. The lowest BCUT2D eigenvalue weighted by atomic mass is 10.1. The molecular weight excluding hydrogens is 335 g/mol. The minimum absolute atomic E-state index is 0.107. The van der Waals surface area contributed by atoms with Crippen molar-refractivity contribution in [2.45, 2.75) is 20.3 Å². The van der Waals surface area contributed by atoms with Gasteiger partial charge in [0.15, 0.2) is 0 Å². The maximum atomic E-state index is 13.7. The van der Waals surface area contributed by atoms with E-state index in [1.54, 1.807) is 36.4 Å². The second-order valence-electron chi connectivity index (χ2n) is 5.76. The Morgan fingerprint density at radius 3 is 2.50 bits per heavy atom. The van der Waals surface area contributed by atoms with Gasteiger partial charge in [-0.3, -0.25) is 9.59 Å². The van der Waals surface area contributed by atoms with Crippen LogP contribution in [0.5, 0.6) is 5.75 Å². The summed E-state index contributed by atoms with van der Waals surface area (Å²) in [6, 6.07) is 13.5. The van der Waals surface area contributed by atoms with Crippen molar-refractivity contribution in [1.82, 2.24) is 4.90 Å². The number of halogens is 1. The van der Waals surface area contributed by atoms with Gasteiger partial charge in [0.25, 0.3) is 0 Å². The van der Waals surface area contributed by atoms with Gasteiger partial charge in [-0.05, 0) is 37.1 Å². The average molecular weight is 358 g/mol. The number of anilines is 1. The molecule has 0 saturated carbocycles. The van der Waals surface area contributed by atoms with Crippen LogP contribution in [0.2, 0.25) is 0 Å². The second kappa shape index (κ2) is 9.56. The smallest absolute Gasteiger partial charge is 0.244 e. The molecule has 0 heterocycles. The van der Waals surface area contributed by atoms with Crippen molar-refractivity contribution in [3.8, 4) is 5.75 Å². The molecule has 0 atom stereocenters. The highest BCUT2D eigenvalue weighted by molar-refractivity contribution is 5.95. The van der Waals surface area contributed by atoms with Crippen molar-refractivity contribution >= 4 is 17.5 Å². The van der Waals surface area contributed by atoms with E-state index in [0.29, 0.717) is 30.0 Å². The number of carbonyl (C=O) groups excluding carboxylic acids is 2. The number of rotatable bonds is 8. The van der Waals surface area contributed by atoms with Crippen molar-refractivity contribution in [3.05, 3.63) is 59.9 Å². The number of para-hydroxylation sites is 2. The summed E-state index contributed by atoms with van der Waals surface area (Å²) in [5.41, 5.74) is 1.07. The third kappa shape index (κ3) is 5.58. The molecule has 0 fully saturated rings. The van der Waals surface area contributed by atoms with Crippen molar-refractivity contribution in [3.63, 3.8) is 0 Å². The highest BCUT2D eigenvalue weighted by atomic mass is 19.1. The van der Waals surface area contributed by atoms with Crippen molar-refractivity contribution in [1.29, 1.82) is 0 Å². The number of hydrogen-bond acceptors (Lipinski definition) is 3. The van der Waals surface area contributed by atoms with E-state index in [4.69, 9.17) is 4.74 Å². The average Bonchev–Trinajstić information content (AvgIpc) is 2.61. The number of ether oxygens (including phenoxy) is 1. The van der Waals surface area contributed by atoms with E-state index in [-0.39, 0.29) is 30.7 Å². The first kappa shape index (κ1) is 19.4. The molecule has 26 heavy (non-hydrogen) atoms. The van der Waals surface area contributed by atoms with Gasteiger partial charge in [0.2, 0.25) is 11.8 Å². The zero-order chi connectivity index (χ0) is 18.9. The number of hydrogen-bond donors (Lipinski definition) is 1. The molecule has 0 unspecified atom stereocenters. The molecule has 2 rings (SSSR count). The molecule has 2 aromatic carbocycles. The van der Waals surface area contributed by atoms with Crippen LogP contribution in [0.3, 0.4) is 0 Å². The van der Waals surface area contributed by atoms with E-state index in [2.05, 4.69) is 5.32 Å². The summed E-state index contributed by atoms with van der Waals surface area (Å²) < 4.78 is 19.2. The fraction of sp³-hybridized carbons (Fsp3) is 0.300. The Labute approximate surface area is 152 Å². The predicted molar refractivity (Wildman–Crippen MR) is 98.6 cm³/mol. The van der Waals surface area contributed by atoms with E-state index in [1.165, 1.54) is 17.9 Å². The molecule has 2 amide bonds. The standard InChI is InChI=1S/C20H23FN2O3/c1-3-26-19-11-7-6-10-18(19)22-20(25)14-23(15(2)24)13-12-16-8-4-5-9-17(16)21/h4-11H,3,12-14H2,1-2H3,(H,22,25). The molecule has 6 heteroatoms. The first-order chi connectivity index (χ1) is 12.5. The Balaban J connectivity index is 1.98. The maximum Gasteiger partial charge on any atom is 0.244 e. The quantitative estimate of drug-likeness (QED) is 0.788. The van der Waals surface area contributed by atoms with Crippen LogP contribution in [0.15, 0.2) is 48.5 Å². The highest BCUT2D eigenvalue weighted by Crippen LogP contribution is 2.23. The van der Waals surface area contributed by atoms with E-state index in [0.717, 1.165) is 0 Å². The zero-order valence-corrected chi connectivity index (χ0v) is 15.0. The van der Waals surface area contributed by atoms with Crippen molar-refractivity contribution in [2.24, 2.45) is 0 Å². The lowest BCUT2D eigenvalue weighted by Crippen LogP contribution is -2.38. The van der Waals surface area contributed by atoms with Gasteiger partial charge in [0.05, 0.1) is 18.8 Å². The SMILES string of the molecule is CCOc1ccccc1NC(=O)CN(CCc1ccccc1F)C(C)=O. The van der Waals surface area contributed by atoms with Gasteiger partial charge < -0.3 is 15.0 Å². The lowest BCUT2D eigenvalue weighted by Gasteiger charge is -2.21. The molecule has 5 nitrogen and oxygen atoms in total. The fourth-order valence-corrected chi connectivity index (χ4v) is 2.52. The number of nitrogens with one attached hydrogen (secondary N) is 1. The molecule has 138 valence electrons. The van der Waals surface area contributed by atoms with Crippen LogP contribution in [-0.2, 0) is 16.0 Å². The maximum absolute atomic E-state index is 13.7. The molecule has 0 aliphatic carbocycles.